The van der Waals surface area contributed by atoms with Gasteiger partial charge in [-0.25, -0.2) is 0 Å². The van der Waals surface area contributed by atoms with Gasteiger partial charge in [-0.15, -0.1) is 0 Å². The molecule has 0 spiro atoms. The van der Waals surface area contributed by atoms with Crippen LogP contribution in [0.1, 0.15) is 18.9 Å². The molecule has 0 aromatic heterocycles. The molecule has 0 radical (unpaired) electrons. The predicted molar refractivity (Wildman–Crippen MR) is 71.4 cm³/mol. The van der Waals surface area contributed by atoms with Crippen molar-refractivity contribution in [1.29, 1.82) is 0 Å². The van der Waals surface area contributed by atoms with Gasteiger partial charge in [0.1, 0.15) is 0 Å². The highest BCUT2D eigenvalue weighted by Crippen LogP contribution is 2.19. The molecular formula is C14H20N2O2. The fourth-order valence-electron chi connectivity index (χ4n) is 2.32. The lowest BCUT2D eigenvalue weighted by Crippen LogP contribution is -2.39. The van der Waals surface area contributed by atoms with Crippen LogP contribution in [0.4, 0.5) is 5.69 Å². The normalized spacial score (nSPS) is 23.0. The van der Waals surface area contributed by atoms with Crippen LogP contribution < -0.4 is 10.6 Å². The Morgan fingerprint density at radius 2 is 2.28 bits per heavy atom. The maximum Gasteiger partial charge on any atom is 0.241 e. The Balaban J connectivity index is 2.06. The van der Waals surface area contributed by atoms with Crippen molar-refractivity contribution in [2.24, 2.45) is 5.92 Å². The summed E-state index contributed by atoms with van der Waals surface area (Å²) in [4.78, 5) is 12.2. The minimum Gasteiger partial charge on any atom is -0.380 e. The SMILES string of the molecule is COCc1ccccc1NC(=O)C1NCCC1C. The number of rotatable bonds is 4. The average Bonchev–Trinajstić information content (AvgIpc) is 2.78. The average molecular weight is 248 g/mol. The summed E-state index contributed by atoms with van der Waals surface area (Å²) in [7, 11) is 1.65. The first-order chi connectivity index (χ1) is 8.72. The molecule has 1 saturated heterocycles. The minimum absolute atomic E-state index is 0.0450. The second-order valence-corrected chi connectivity index (χ2v) is 4.78. The van der Waals surface area contributed by atoms with Crippen molar-refractivity contribution in [1.82, 2.24) is 5.32 Å². The van der Waals surface area contributed by atoms with Crippen LogP contribution >= 0.6 is 0 Å². The molecule has 4 heteroatoms. The Labute approximate surface area is 108 Å². The second-order valence-electron chi connectivity index (χ2n) is 4.78. The number of hydrogen-bond acceptors (Lipinski definition) is 3. The molecule has 0 bridgehead atoms. The molecule has 2 atom stereocenters. The van der Waals surface area contributed by atoms with Gasteiger partial charge >= 0.3 is 0 Å². The van der Waals surface area contributed by atoms with Crippen LogP contribution in [0.25, 0.3) is 0 Å². The van der Waals surface area contributed by atoms with Crippen LogP contribution in [0, 0.1) is 5.92 Å². The smallest absolute Gasteiger partial charge is 0.241 e. The summed E-state index contributed by atoms with van der Waals surface area (Å²) in [6.45, 7) is 3.52. The highest BCUT2D eigenvalue weighted by molar-refractivity contribution is 5.95. The third-order valence-electron chi connectivity index (χ3n) is 3.39. The van der Waals surface area contributed by atoms with Crippen LogP contribution in [-0.4, -0.2) is 25.6 Å². The van der Waals surface area contributed by atoms with Crippen molar-refractivity contribution < 1.29 is 9.53 Å². The molecule has 98 valence electrons. The molecule has 1 amide bonds. The third-order valence-corrected chi connectivity index (χ3v) is 3.39. The Morgan fingerprint density at radius 3 is 2.94 bits per heavy atom. The maximum absolute atomic E-state index is 12.2. The van der Waals surface area contributed by atoms with Crippen LogP contribution in [0.3, 0.4) is 0 Å². The Bertz CT molecular complexity index is 420. The molecule has 2 unspecified atom stereocenters. The van der Waals surface area contributed by atoms with Crippen LogP contribution in [-0.2, 0) is 16.1 Å². The van der Waals surface area contributed by atoms with Crippen molar-refractivity contribution in [3.63, 3.8) is 0 Å². The van der Waals surface area contributed by atoms with E-state index in [9.17, 15) is 4.79 Å². The van der Waals surface area contributed by atoms with Crippen LogP contribution in [0.2, 0.25) is 0 Å². The number of nitrogens with one attached hydrogen (secondary N) is 2. The van der Waals surface area contributed by atoms with Gasteiger partial charge in [0.05, 0.1) is 12.6 Å². The van der Waals surface area contributed by atoms with E-state index in [1.807, 2.05) is 24.3 Å². The fraction of sp³-hybridized carbons (Fsp3) is 0.500. The topological polar surface area (TPSA) is 50.4 Å². The van der Waals surface area contributed by atoms with Crippen LogP contribution in [0.5, 0.6) is 0 Å². The zero-order valence-electron chi connectivity index (χ0n) is 10.9. The van der Waals surface area contributed by atoms with E-state index in [0.29, 0.717) is 12.5 Å². The molecule has 0 aliphatic carbocycles. The van der Waals surface area contributed by atoms with E-state index in [1.165, 1.54) is 0 Å². The summed E-state index contributed by atoms with van der Waals surface area (Å²) in [5, 5.41) is 6.22. The number of anilines is 1. The zero-order valence-corrected chi connectivity index (χ0v) is 10.9. The second kappa shape index (κ2) is 5.98. The molecule has 1 heterocycles. The largest absolute Gasteiger partial charge is 0.380 e. The molecule has 1 aromatic carbocycles. The van der Waals surface area contributed by atoms with Gasteiger partial charge in [-0.05, 0) is 24.9 Å². The van der Waals surface area contributed by atoms with E-state index in [0.717, 1.165) is 24.2 Å². The highest BCUT2D eigenvalue weighted by Gasteiger charge is 2.29. The minimum atomic E-state index is -0.0828. The van der Waals surface area contributed by atoms with E-state index in [-0.39, 0.29) is 11.9 Å². The molecule has 2 N–H and O–H groups in total. The number of para-hydroxylation sites is 1. The number of carbonyl (C=O) groups is 1. The summed E-state index contributed by atoms with van der Waals surface area (Å²) >= 11 is 0. The third kappa shape index (κ3) is 2.89. The lowest BCUT2D eigenvalue weighted by atomic mass is 10.0. The highest BCUT2D eigenvalue weighted by atomic mass is 16.5. The molecule has 1 fully saturated rings. The van der Waals surface area contributed by atoms with Gasteiger partial charge in [-0.1, -0.05) is 25.1 Å². The lowest BCUT2D eigenvalue weighted by Gasteiger charge is -2.17. The lowest BCUT2D eigenvalue weighted by molar-refractivity contribution is -0.118. The summed E-state index contributed by atoms with van der Waals surface area (Å²) in [5.41, 5.74) is 1.84. The summed E-state index contributed by atoms with van der Waals surface area (Å²) in [6, 6.07) is 7.65. The Kier molecular flexibility index (Phi) is 4.33. The van der Waals surface area contributed by atoms with Crippen molar-refractivity contribution in [2.75, 3.05) is 19.0 Å². The first-order valence-corrected chi connectivity index (χ1v) is 6.33. The van der Waals surface area contributed by atoms with Gasteiger partial charge < -0.3 is 15.4 Å². The molecule has 18 heavy (non-hydrogen) atoms. The van der Waals surface area contributed by atoms with Gasteiger partial charge in [0.2, 0.25) is 5.91 Å². The van der Waals surface area contributed by atoms with Gasteiger partial charge in [0.15, 0.2) is 0 Å². The molecular weight excluding hydrogens is 228 g/mol. The predicted octanol–water partition coefficient (Wildman–Crippen LogP) is 1.77. The van der Waals surface area contributed by atoms with Gasteiger partial charge in [0.25, 0.3) is 0 Å². The molecule has 4 nitrogen and oxygen atoms in total. The van der Waals surface area contributed by atoms with Crippen molar-refractivity contribution in [3.8, 4) is 0 Å². The number of hydrogen-bond donors (Lipinski definition) is 2. The van der Waals surface area contributed by atoms with Crippen molar-refractivity contribution >= 4 is 11.6 Å². The van der Waals surface area contributed by atoms with E-state index >= 15 is 0 Å². The van der Waals surface area contributed by atoms with E-state index in [4.69, 9.17) is 4.74 Å². The number of benzene rings is 1. The first kappa shape index (κ1) is 13.1. The monoisotopic (exact) mass is 248 g/mol. The van der Waals surface area contributed by atoms with E-state index in [1.54, 1.807) is 7.11 Å². The summed E-state index contributed by atoms with van der Waals surface area (Å²) < 4.78 is 5.13. The number of methoxy groups -OCH3 is 1. The molecule has 0 saturated carbocycles. The number of amides is 1. The fourth-order valence-corrected chi connectivity index (χ4v) is 2.32. The quantitative estimate of drug-likeness (QED) is 0.853. The zero-order chi connectivity index (χ0) is 13.0. The van der Waals surface area contributed by atoms with E-state index < -0.39 is 0 Å². The Morgan fingerprint density at radius 1 is 1.50 bits per heavy atom. The van der Waals surface area contributed by atoms with Crippen LogP contribution in [0.15, 0.2) is 24.3 Å². The Hall–Kier alpha value is -1.39. The van der Waals surface area contributed by atoms with Gasteiger partial charge in [-0.2, -0.15) is 0 Å². The maximum atomic E-state index is 12.2. The molecule has 1 aromatic rings. The number of carbonyl (C=O) groups excluding carboxylic acids is 1. The summed E-state index contributed by atoms with van der Waals surface area (Å²) in [5.74, 6) is 0.433. The van der Waals surface area contributed by atoms with E-state index in [2.05, 4.69) is 17.6 Å². The van der Waals surface area contributed by atoms with Crippen molar-refractivity contribution in [2.45, 2.75) is 26.0 Å². The first-order valence-electron chi connectivity index (χ1n) is 6.33. The number of ether oxygens (including phenoxy) is 1. The summed E-state index contributed by atoms with van der Waals surface area (Å²) in [6.07, 6.45) is 1.05. The van der Waals surface area contributed by atoms with Gasteiger partial charge in [0, 0.05) is 18.4 Å². The van der Waals surface area contributed by atoms with Crippen molar-refractivity contribution in [3.05, 3.63) is 29.8 Å². The molecule has 1 aliphatic heterocycles. The molecule has 1 aliphatic rings. The van der Waals surface area contributed by atoms with Gasteiger partial charge in [-0.3, -0.25) is 4.79 Å². The molecule has 2 rings (SSSR count). The standard InChI is InChI=1S/C14H20N2O2/c1-10-7-8-15-13(10)14(17)16-12-6-4-3-5-11(12)9-18-2/h3-6,10,13,15H,7-9H2,1-2H3,(H,16,17).